The molecule has 4 nitrogen and oxygen atoms in total. The van der Waals surface area contributed by atoms with Crippen molar-refractivity contribution in [2.24, 2.45) is 0 Å². The van der Waals surface area contributed by atoms with Crippen LogP contribution in [0.5, 0.6) is 5.75 Å². The molecule has 0 aliphatic carbocycles. The van der Waals surface area contributed by atoms with Crippen LogP contribution in [0.4, 0.5) is 27.6 Å². The number of rotatable bonds is 7. The minimum absolute atomic E-state index is 0.0993. The SMILES string of the molecule is CCCCOc1ccc(S(=O)(=O)Nc2cc(F)c(C(F)(F)F)cc2F)cc1. The molecule has 0 fully saturated rings. The van der Waals surface area contributed by atoms with Gasteiger partial charge >= 0.3 is 6.18 Å². The third-order valence-electron chi connectivity index (χ3n) is 3.51. The Hall–Kier alpha value is -2.36. The van der Waals surface area contributed by atoms with Gasteiger partial charge in [0.1, 0.15) is 17.4 Å². The van der Waals surface area contributed by atoms with Gasteiger partial charge in [-0.3, -0.25) is 4.72 Å². The molecule has 2 aromatic carbocycles. The second-order valence-electron chi connectivity index (χ2n) is 5.59. The summed E-state index contributed by atoms with van der Waals surface area (Å²) in [4.78, 5) is -0.287. The van der Waals surface area contributed by atoms with E-state index in [2.05, 4.69) is 0 Å². The molecule has 27 heavy (non-hydrogen) atoms. The van der Waals surface area contributed by atoms with Crippen LogP contribution < -0.4 is 9.46 Å². The van der Waals surface area contributed by atoms with Gasteiger partial charge in [-0.25, -0.2) is 17.2 Å². The molecule has 0 heterocycles. The molecule has 0 spiro atoms. The van der Waals surface area contributed by atoms with E-state index in [1.54, 1.807) is 4.72 Å². The zero-order valence-electron chi connectivity index (χ0n) is 14.1. The molecule has 0 atom stereocenters. The molecule has 0 aromatic heterocycles. The first-order valence-corrected chi connectivity index (χ1v) is 9.35. The predicted molar refractivity (Wildman–Crippen MR) is 89.0 cm³/mol. The van der Waals surface area contributed by atoms with Gasteiger partial charge in [0, 0.05) is 6.07 Å². The van der Waals surface area contributed by atoms with Gasteiger partial charge < -0.3 is 4.74 Å². The Morgan fingerprint density at radius 1 is 1.04 bits per heavy atom. The molecule has 0 aliphatic heterocycles. The molecule has 0 radical (unpaired) electrons. The highest BCUT2D eigenvalue weighted by Crippen LogP contribution is 2.34. The molecule has 1 N–H and O–H groups in total. The maximum atomic E-state index is 13.8. The molecule has 148 valence electrons. The summed E-state index contributed by atoms with van der Waals surface area (Å²) >= 11 is 0. The topological polar surface area (TPSA) is 55.4 Å². The molecule has 0 unspecified atom stereocenters. The Morgan fingerprint density at radius 2 is 1.67 bits per heavy atom. The quantitative estimate of drug-likeness (QED) is 0.519. The van der Waals surface area contributed by atoms with Crippen LogP contribution in [-0.2, 0) is 16.2 Å². The number of ether oxygens (including phenoxy) is 1. The maximum Gasteiger partial charge on any atom is 0.419 e. The van der Waals surface area contributed by atoms with Crippen molar-refractivity contribution in [2.75, 3.05) is 11.3 Å². The van der Waals surface area contributed by atoms with Crippen molar-refractivity contribution in [1.82, 2.24) is 0 Å². The van der Waals surface area contributed by atoms with Crippen LogP contribution in [0.3, 0.4) is 0 Å². The first-order valence-electron chi connectivity index (χ1n) is 7.86. The third kappa shape index (κ3) is 5.31. The number of halogens is 5. The fourth-order valence-corrected chi connectivity index (χ4v) is 3.15. The average molecular weight is 409 g/mol. The zero-order valence-corrected chi connectivity index (χ0v) is 14.9. The fraction of sp³-hybridized carbons (Fsp3) is 0.294. The lowest BCUT2D eigenvalue weighted by molar-refractivity contribution is -0.140. The van der Waals surface area contributed by atoms with E-state index in [-0.39, 0.29) is 17.0 Å². The van der Waals surface area contributed by atoms with E-state index in [1.807, 2.05) is 6.92 Å². The molecule has 2 rings (SSSR count). The molecule has 0 saturated heterocycles. The van der Waals surface area contributed by atoms with E-state index < -0.39 is 39.1 Å². The van der Waals surface area contributed by atoms with Gasteiger partial charge in [0.05, 0.1) is 22.8 Å². The average Bonchev–Trinajstić information content (AvgIpc) is 2.57. The summed E-state index contributed by atoms with van der Waals surface area (Å²) in [6.45, 7) is 2.44. The lowest BCUT2D eigenvalue weighted by atomic mass is 10.2. The van der Waals surface area contributed by atoms with Crippen molar-refractivity contribution in [1.29, 1.82) is 0 Å². The van der Waals surface area contributed by atoms with Gasteiger partial charge in [0.15, 0.2) is 0 Å². The number of benzene rings is 2. The third-order valence-corrected chi connectivity index (χ3v) is 4.89. The van der Waals surface area contributed by atoms with E-state index in [1.165, 1.54) is 24.3 Å². The minimum atomic E-state index is -5.10. The number of anilines is 1. The largest absolute Gasteiger partial charge is 0.494 e. The Bertz CT molecular complexity index is 896. The van der Waals surface area contributed by atoms with Crippen molar-refractivity contribution in [3.8, 4) is 5.75 Å². The highest BCUT2D eigenvalue weighted by molar-refractivity contribution is 7.92. The lowest BCUT2D eigenvalue weighted by Crippen LogP contribution is -2.16. The summed E-state index contributed by atoms with van der Waals surface area (Å²) in [6, 6.07) is 5.18. The van der Waals surface area contributed by atoms with Crippen molar-refractivity contribution in [3.63, 3.8) is 0 Å². The molecule has 0 saturated carbocycles. The van der Waals surface area contributed by atoms with Gasteiger partial charge in [0.25, 0.3) is 10.0 Å². The van der Waals surface area contributed by atoms with Gasteiger partial charge in [-0.15, -0.1) is 0 Å². The van der Waals surface area contributed by atoms with E-state index in [0.29, 0.717) is 12.4 Å². The molecule has 10 heteroatoms. The van der Waals surface area contributed by atoms with Gasteiger partial charge in [-0.2, -0.15) is 13.2 Å². The highest BCUT2D eigenvalue weighted by Gasteiger charge is 2.35. The van der Waals surface area contributed by atoms with E-state index >= 15 is 0 Å². The Labute approximate surface area is 153 Å². The van der Waals surface area contributed by atoms with Crippen LogP contribution in [0.2, 0.25) is 0 Å². The van der Waals surface area contributed by atoms with Crippen molar-refractivity contribution in [3.05, 3.63) is 53.6 Å². The summed E-state index contributed by atoms with van der Waals surface area (Å²) < 4.78 is 96.7. The number of hydrogen-bond acceptors (Lipinski definition) is 3. The summed E-state index contributed by atoms with van der Waals surface area (Å²) in [5, 5.41) is 0. The maximum absolute atomic E-state index is 13.8. The van der Waals surface area contributed by atoms with Crippen LogP contribution in [0, 0.1) is 11.6 Å². The van der Waals surface area contributed by atoms with Crippen molar-refractivity contribution in [2.45, 2.75) is 30.8 Å². The number of nitrogens with one attached hydrogen (secondary N) is 1. The van der Waals surface area contributed by atoms with Crippen molar-refractivity contribution >= 4 is 15.7 Å². The Kier molecular flexibility index (Phi) is 6.30. The summed E-state index contributed by atoms with van der Waals surface area (Å²) in [5.41, 5.74) is -2.75. The van der Waals surface area contributed by atoms with E-state index in [4.69, 9.17) is 4.74 Å². The monoisotopic (exact) mass is 409 g/mol. The summed E-state index contributed by atoms with van der Waals surface area (Å²) in [7, 11) is -4.34. The summed E-state index contributed by atoms with van der Waals surface area (Å²) in [5.74, 6) is -2.91. The number of unbranched alkanes of at least 4 members (excludes halogenated alkanes) is 1. The zero-order chi connectivity index (χ0) is 20.2. The second kappa shape index (κ2) is 8.12. The van der Waals surface area contributed by atoms with Crippen LogP contribution >= 0.6 is 0 Å². The van der Waals surface area contributed by atoms with Crippen LogP contribution in [-0.4, -0.2) is 15.0 Å². The normalized spacial score (nSPS) is 12.1. The van der Waals surface area contributed by atoms with Crippen LogP contribution in [0.25, 0.3) is 0 Å². The van der Waals surface area contributed by atoms with Gasteiger partial charge in [0.2, 0.25) is 0 Å². The van der Waals surface area contributed by atoms with E-state index in [9.17, 15) is 30.4 Å². The molecule has 0 amide bonds. The molecule has 0 aliphatic rings. The van der Waals surface area contributed by atoms with E-state index in [0.717, 1.165) is 12.8 Å². The molecular weight excluding hydrogens is 393 g/mol. The number of hydrogen-bond donors (Lipinski definition) is 1. The first kappa shape index (κ1) is 20.9. The van der Waals surface area contributed by atoms with Crippen molar-refractivity contribution < 1.29 is 35.1 Å². The van der Waals surface area contributed by atoms with Crippen LogP contribution in [0.1, 0.15) is 25.3 Å². The predicted octanol–water partition coefficient (Wildman–Crippen LogP) is 4.96. The standard InChI is InChI=1S/C17H16F5NO3S/c1-2-3-8-26-11-4-6-12(7-5-11)27(24,25)23-16-10-14(18)13(9-15(16)19)17(20,21)22/h4-7,9-10,23H,2-3,8H2,1H3. The van der Waals surface area contributed by atoms with Gasteiger partial charge in [-0.1, -0.05) is 13.3 Å². The number of alkyl halides is 3. The molecular formula is C17H16F5NO3S. The Balaban J connectivity index is 2.22. The fourth-order valence-electron chi connectivity index (χ4n) is 2.10. The Morgan fingerprint density at radius 3 is 2.22 bits per heavy atom. The highest BCUT2D eigenvalue weighted by atomic mass is 32.2. The minimum Gasteiger partial charge on any atom is -0.494 e. The molecule has 0 bridgehead atoms. The van der Waals surface area contributed by atoms with Gasteiger partial charge in [-0.05, 0) is 36.8 Å². The summed E-state index contributed by atoms with van der Waals surface area (Å²) in [6.07, 6.45) is -3.36. The smallest absolute Gasteiger partial charge is 0.419 e. The molecule has 2 aromatic rings. The lowest BCUT2D eigenvalue weighted by Gasteiger charge is -2.13. The second-order valence-corrected chi connectivity index (χ2v) is 7.27. The number of sulfonamides is 1. The first-order chi connectivity index (χ1) is 12.5. The van der Waals surface area contributed by atoms with Crippen LogP contribution in [0.15, 0.2) is 41.3 Å².